The summed E-state index contributed by atoms with van der Waals surface area (Å²) in [6, 6.07) is 35.1. The second kappa shape index (κ2) is 7.34. The molecule has 0 heterocycles. The number of hydrogen-bond donors (Lipinski definition) is 0. The van der Waals surface area contributed by atoms with Crippen LogP contribution in [0, 0.1) is 13.8 Å². The zero-order valence-corrected chi connectivity index (χ0v) is 21.0. The highest BCUT2D eigenvalue weighted by atomic mass is 35.5. The van der Waals surface area contributed by atoms with E-state index < -0.39 is 5.41 Å². The Morgan fingerprint density at radius 1 is 0.486 bits per heavy atom. The standard InChI is InChI=1S/C33H22Cl2/c1-19-6-13-25-26-14-7-20(2)17-30(26)33(29(25)16-19)28-5-3-4-24(21-8-10-22(34)11-9-21)32(28)27-15-12-23(35)18-31(27)33/h3-18H,1-2H3. The minimum Gasteiger partial charge on any atom is -0.0843 e. The van der Waals surface area contributed by atoms with Crippen LogP contribution in [0.4, 0.5) is 0 Å². The fourth-order valence-corrected chi connectivity index (χ4v) is 6.64. The summed E-state index contributed by atoms with van der Waals surface area (Å²) < 4.78 is 0. The summed E-state index contributed by atoms with van der Waals surface area (Å²) in [5, 5.41) is 1.51. The minimum atomic E-state index is -0.402. The van der Waals surface area contributed by atoms with Gasteiger partial charge in [0.05, 0.1) is 5.41 Å². The number of halogens is 2. The zero-order valence-electron chi connectivity index (χ0n) is 19.5. The molecule has 5 aromatic carbocycles. The molecule has 2 aliphatic rings. The SMILES string of the molecule is Cc1ccc2c(c1)C1(c3cc(C)ccc3-2)c2cc(Cl)ccc2-c2c(-c3ccc(Cl)cc3)cccc21. The Balaban J connectivity index is 1.68. The molecule has 35 heavy (non-hydrogen) atoms. The van der Waals surface area contributed by atoms with Crippen LogP contribution in [0.2, 0.25) is 10.0 Å². The third kappa shape index (κ3) is 2.76. The lowest BCUT2D eigenvalue weighted by Crippen LogP contribution is -2.26. The Morgan fingerprint density at radius 3 is 1.71 bits per heavy atom. The van der Waals surface area contributed by atoms with Gasteiger partial charge in [-0.25, -0.2) is 0 Å². The van der Waals surface area contributed by atoms with E-state index in [1.54, 1.807) is 0 Å². The maximum Gasteiger partial charge on any atom is 0.0726 e. The molecule has 0 bridgehead atoms. The maximum absolute atomic E-state index is 6.70. The van der Waals surface area contributed by atoms with Gasteiger partial charge in [0.25, 0.3) is 0 Å². The van der Waals surface area contributed by atoms with Crippen LogP contribution >= 0.6 is 23.2 Å². The minimum absolute atomic E-state index is 0.402. The third-order valence-corrected chi connectivity index (χ3v) is 8.21. The molecule has 0 saturated heterocycles. The van der Waals surface area contributed by atoms with Gasteiger partial charge >= 0.3 is 0 Å². The van der Waals surface area contributed by atoms with E-state index in [1.807, 2.05) is 18.2 Å². The Bertz CT molecular complexity index is 1620. The molecule has 0 unspecified atom stereocenters. The first-order chi connectivity index (χ1) is 17.0. The van der Waals surface area contributed by atoms with Crippen molar-refractivity contribution in [3.63, 3.8) is 0 Å². The highest BCUT2D eigenvalue weighted by Gasteiger charge is 2.52. The predicted octanol–water partition coefficient (Wildman–Crippen LogP) is 9.62. The van der Waals surface area contributed by atoms with Crippen molar-refractivity contribution in [3.8, 4) is 33.4 Å². The zero-order chi connectivity index (χ0) is 23.9. The van der Waals surface area contributed by atoms with Crippen molar-refractivity contribution in [3.05, 3.63) is 140 Å². The van der Waals surface area contributed by atoms with E-state index in [0.717, 1.165) is 15.6 Å². The fourth-order valence-electron chi connectivity index (χ4n) is 6.35. The van der Waals surface area contributed by atoms with Crippen LogP contribution in [-0.4, -0.2) is 0 Å². The van der Waals surface area contributed by atoms with Crippen molar-refractivity contribution in [1.29, 1.82) is 0 Å². The van der Waals surface area contributed by atoms with Crippen LogP contribution in [0.25, 0.3) is 33.4 Å². The van der Waals surface area contributed by atoms with Crippen LogP contribution in [0.1, 0.15) is 33.4 Å². The predicted molar refractivity (Wildman–Crippen MR) is 148 cm³/mol. The molecule has 0 aliphatic heterocycles. The molecule has 5 aromatic rings. The monoisotopic (exact) mass is 488 g/mol. The van der Waals surface area contributed by atoms with Gasteiger partial charge in [-0.15, -0.1) is 0 Å². The summed E-state index contributed by atoms with van der Waals surface area (Å²) in [5.74, 6) is 0. The molecule has 0 nitrogen and oxygen atoms in total. The lowest BCUT2D eigenvalue weighted by atomic mass is 9.70. The van der Waals surface area contributed by atoms with Crippen molar-refractivity contribution in [2.45, 2.75) is 19.3 Å². The molecule has 2 aliphatic carbocycles. The normalized spacial score (nSPS) is 13.9. The van der Waals surface area contributed by atoms with E-state index in [1.165, 1.54) is 61.2 Å². The topological polar surface area (TPSA) is 0 Å². The molecule has 7 rings (SSSR count). The number of rotatable bonds is 1. The first-order valence-electron chi connectivity index (χ1n) is 11.9. The lowest BCUT2D eigenvalue weighted by Gasteiger charge is -2.31. The van der Waals surface area contributed by atoms with Crippen molar-refractivity contribution >= 4 is 23.2 Å². The molecular formula is C33H22Cl2. The fraction of sp³-hybridized carbons (Fsp3) is 0.0909. The molecule has 1 spiro atoms. The van der Waals surface area contributed by atoms with Gasteiger partial charge in [-0.2, -0.15) is 0 Å². The van der Waals surface area contributed by atoms with Crippen molar-refractivity contribution in [1.82, 2.24) is 0 Å². The summed E-state index contributed by atoms with van der Waals surface area (Å²) in [6.07, 6.45) is 0. The largest absolute Gasteiger partial charge is 0.0843 e. The molecule has 168 valence electrons. The number of fused-ring (bicyclic) bond motifs is 10. The summed E-state index contributed by atoms with van der Waals surface area (Å²) in [7, 11) is 0. The second-order valence-electron chi connectivity index (χ2n) is 9.77. The molecule has 0 N–H and O–H groups in total. The van der Waals surface area contributed by atoms with Gasteiger partial charge in [-0.1, -0.05) is 107 Å². The average Bonchev–Trinajstić information content (AvgIpc) is 3.30. The van der Waals surface area contributed by atoms with Gasteiger partial charge in [-0.05, 0) is 93.7 Å². The summed E-state index contributed by atoms with van der Waals surface area (Å²) in [4.78, 5) is 0. The highest BCUT2D eigenvalue weighted by molar-refractivity contribution is 6.31. The lowest BCUT2D eigenvalue weighted by molar-refractivity contribution is 0.792. The first kappa shape index (κ1) is 21.0. The van der Waals surface area contributed by atoms with Crippen molar-refractivity contribution in [2.24, 2.45) is 0 Å². The van der Waals surface area contributed by atoms with Crippen molar-refractivity contribution < 1.29 is 0 Å². The van der Waals surface area contributed by atoms with E-state index in [-0.39, 0.29) is 0 Å². The van der Waals surface area contributed by atoms with Gasteiger partial charge in [0, 0.05) is 10.0 Å². The molecule has 0 fully saturated rings. The van der Waals surface area contributed by atoms with E-state index in [0.29, 0.717) is 0 Å². The first-order valence-corrected chi connectivity index (χ1v) is 12.7. The molecule has 0 saturated carbocycles. The van der Waals surface area contributed by atoms with E-state index in [9.17, 15) is 0 Å². The van der Waals surface area contributed by atoms with Crippen LogP contribution < -0.4 is 0 Å². The quantitative estimate of drug-likeness (QED) is 0.215. The molecule has 0 radical (unpaired) electrons. The number of benzene rings is 5. The van der Waals surface area contributed by atoms with E-state index in [4.69, 9.17) is 23.2 Å². The van der Waals surface area contributed by atoms with Crippen LogP contribution in [0.5, 0.6) is 0 Å². The Hall–Kier alpha value is -3.32. The summed E-state index contributed by atoms with van der Waals surface area (Å²) in [5.41, 5.74) is 14.9. The van der Waals surface area contributed by atoms with Crippen molar-refractivity contribution in [2.75, 3.05) is 0 Å². The third-order valence-electron chi connectivity index (χ3n) is 7.73. The molecule has 0 amide bonds. The Kier molecular flexibility index (Phi) is 4.40. The molecular weight excluding hydrogens is 467 g/mol. The molecule has 0 aromatic heterocycles. The summed E-state index contributed by atoms with van der Waals surface area (Å²) in [6.45, 7) is 4.36. The van der Waals surface area contributed by atoms with Gasteiger partial charge in [-0.3, -0.25) is 0 Å². The van der Waals surface area contributed by atoms with Gasteiger partial charge in [0.2, 0.25) is 0 Å². The van der Waals surface area contributed by atoms with Crippen LogP contribution in [0.3, 0.4) is 0 Å². The Labute approximate surface area is 215 Å². The highest BCUT2D eigenvalue weighted by Crippen LogP contribution is 2.64. The van der Waals surface area contributed by atoms with E-state index in [2.05, 4.69) is 92.7 Å². The summed E-state index contributed by atoms with van der Waals surface area (Å²) >= 11 is 12.9. The molecule has 2 heteroatoms. The van der Waals surface area contributed by atoms with Gasteiger partial charge in [0.1, 0.15) is 0 Å². The van der Waals surface area contributed by atoms with Gasteiger partial charge < -0.3 is 0 Å². The second-order valence-corrected chi connectivity index (χ2v) is 10.6. The van der Waals surface area contributed by atoms with Crippen LogP contribution in [0.15, 0.2) is 97.1 Å². The smallest absolute Gasteiger partial charge is 0.0726 e. The maximum atomic E-state index is 6.70. The van der Waals surface area contributed by atoms with Crippen LogP contribution in [-0.2, 0) is 5.41 Å². The number of hydrogen-bond acceptors (Lipinski definition) is 0. The van der Waals surface area contributed by atoms with Gasteiger partial charge in [0.15, 0.2) is 0 Å². The number of aryl methyl sites for hydroxylation is 2. The molecule has 0 atom stereocenters. The van der Waals surface area contributed by atoms with E-state index >= 15 is 0 Å². The Morgan fingerprint density at radius 2 is 1.06 bits per heavy atom. The average molecular weight is 489 g/mol.